The molecule has 0 aliphatic carbocycles. The largest absolute Gasteiger partial charge is 0.491 e. The van der Waals surface area contributed by atoms with E-state index in [4.69, 9.17) is 22.1 Å². The van der Waals surface area contributed by atoms with E-state index in [0.29, 0.717) is 31.0 Å². The SMILES string of the molecule is Nc1ccccc1OCCC(=O)NCCc1ccc(Cl)s1. The number of anilines is 1. The van der Waals surface area contributed by atoms with Crippen LogP contribution in [-0.2, 0) is 11.2 Å². The highest BCUT2D eigenvalue weighted by Crippen LogP contribution is 2.21. The molecular formula is C15H17ClN2O2S. The summed E-state index contributed by atoms with van der Waals surface area (Å²) in [5.74, 6) is 0.575. The number of amides is 1. The maximum absolute atomic E-state index is 11.7. The van der Waals surface area contributed by atoms with Crippen LogP contribution in [0.2, 0.25) is 4.34 Å². The molecule has 21 heavy (non-hydrogen) atoms. The highest BCUT2D eigenvalue weighted by molar-refractivity contribution is 7.16. The number of ether oxygens (including phenoxy) is 1. The van der Waals surface area contributed by atoms with Crippen molar-refractivity contribution in [3.8, 4) is 5.75 Å². The Kier molecular flexibility index (Phi) is 5.90. The highest BCUT2D eigenvalue weighted by atomic mass is 35.5. The number of para-hydroxylation sites is 2. The monoisotopic (exact) mass is 324 g/mol. The van der Waals surface area contributed by atoms with E-state index in [2.05, 4.69) is 5.32 Å². The first-order chi connectivity index (χ1) is 10.1. The minimum Gasteiger partial charge on any atom is -0.491 e. The number of carbonyl (C=O) groups is 1. The quantitative estimate of drug-likeness (QED) is 0.769. The van der Waals surface area contributed by atoms with Gasteiger partial charge < -0.3 is 15.8 Å². The van der Waals surface area contributed by atoms with Gasteiger partial charge in [0.15, 0.2) is 0 Å². The van der Waals surface area contributed by atoms with Crippen LogP contribution in [-0.4, -0.2) is 19.1 Å². The number of carbonyl (C=O) groups excluding carboxylic acids is 1. The zero-order valence-electron chi connectivity index (χ0n) is 11.5. The number of benzene rings is 1. The lowest BCUT2D eigenvalue weighted by Gasteiger charge is -2.08. The first-order valence-electron chi connectivity index (χ1n) is 6.63. The molecule has 0 unspecified atom stereocenters. The van der Waals surface area contributed by atoms with Gasteiger partial charge in [-0.25, -0.2) is 0 Å². The molecule has 4 nitrogen and oxygen atoms in total. The van der Waals surface area contributed by atoms with E-state index in [-0.39, 0.29) is 5.91 Å². The van der Waals surface area contributed by atoms with E-state index in [0.717, 1.165) is 15.6 Å². The van der Waals surface area contributed by atoms with Gasteiger partial charge in [-0.15, -0.1) is 11.3 Å². The zero-order chi connectivity index (χ0) is 15.1. The first kappa shape index (κ1) is 15.7. The summed E-state index contributed by atoms with van der Waals surface area (Å²) in [6.07, 6.45) is 1.09. The van der Waals surface area contributed by atoms with E-state index < -0.39 is 0 Å². The van der Waals surface area contributed by atoms with Crippen LogP contribution in [0.15, 0.2) is 36.4 Å². The van der Waals surface area contributed by atoms with E-state index in [9.17, 15) is 4.79 Å². The van der Waals surface area contributed by atoms with Gasteiger partial charge in [-0.3, -0.25) is 4.79 Å². The summed E-state index contributed by atoms with van der Waals surface area (Å²) in [6.45, 7) is 0.911. The first-order valence-corrected chi connectivity index (χ1v) is 7.83. The Morgan fingerprint density at radius 2 is 2.10 bits per heavy atom. The van der Waals surface area contributed by atoms with E-state index in [1.807, 2.05) is 24.3 Å². The zero-order valence-corrected chi connectivity index (χ0v) is 13.0. The second-order valence-corrected chi connectivity index (χ2v) is 6.24. The lowest BCUT2D eigenvalue weighted by atomic mass is 10.3. The molecule has 0 radical (unpaired) electrons. The molecule has 1 amide bonds. The van der Waals surface area contributed by atoms with Crippen LogP contribution < -0.4 is 15.8 Å². The van der Waals surface area contributed by atoms with Crippen LogP contribution in [0.5, 0.6) is 5.75 Å². The number of nitrogens with one attached hydrogen (secondary N) is 1. The van der Waals surface area contributed by atoms with Crippen molar-refractivity contribution in [2.45, 2.75) is 12.8 Å². The molecule has 3 N–H and O–H groups in total. The average molecular weight is 325 g/mol. The number of nitrogen functional groups attached to an aromatic ring is 1. The second kappa shape index (κ2) is 7.90. The van der Waals surface area contributed by atoms with Gasteiger partial charge in [-0.1, -0.05) is 23.7 Å². The van der Waals surface area contributed by atoms with Crippen LogP contribution in [0, 0.1) is 0 Å². The van der Waals surface area contributed by atoms with Crippen molar-refractivity contribution >= 4 is 34.5 Å². The van der Waals surface area contributed by atoms with Gasteiger partial charge in [0.05, 0.1) is 23.1 Å². The Morgan fingerprint density at radius 1 is 1.29 bits per heavy atom. The molecule has 2 aromatic rings. The van der Waals surface area contributed by atoms with Crippen LogP contribution in [0.3, 0.4) is 0 Å². The topological polar surface area (TPSA) is 64.3 Å². The summed E-state index contributed by atoms with van der Waals surface area (Å²) in [7, 11) is 0. The summed E-state index contributed by atoms with van der Waals surface area (Å²) in [4.78, 5) is 12.8. The third kappa shape index (κ3) is 5.28. The molecule has 112 valence electrons. The fourth-order valence-electron chi connectivity index (χ4n) is 1.77. The number of hydrogen-bond donors (Lipinski definition) is 2. The van der Waals surface area contributed by atoms with E-state index in [1.165, 1.54) is 11.3 Å². The molecule has 0 saturated carbocycles. The number of halogens is 1. The Morgan fingerprint density at radius 3 is 2.81 bits per heavy atom. The van der Waals surface area contributed by atoms with Crippen molar-refractivity contribution in [3.63, 3.8) is 0 Å². The van der Waals surface area contributed by atoms with Crippen molar-refractivity contribution in [2.24, 2.45) is 0 Å². The molecule has 1 aromatic carbocycles. The van der Waals surface area contributed by atoms with Crippen LogP contribution in [0.1, 0.15) is 11.3 Å². The number of hydrogen-bond acceptors (Lipinski definition) is 4. The Balaban J connectivity index is 1.63. The minimum absolute atomic E-state index is 0.0350. The summed E-state index contributed by atoms with van der Waals surface area (Å²) in [5, 5.41) is 2.85. The average Bonchev–Trinajstić information content (AvgIpc) is 2.87. The van der Waals surface area contributed by atoms with Crippen molar-refractivity contribution in [1.29, 1.82) is 0 Å². The predicted molar refractivity (Wildman–Crippen MR) is 87.0 cm³/mol. The van der Waals surface area contributed by atoms with Crippen molar-refractivity contribution in [1.82, 2.24) is 5.32 Å². The van der Waals surface area contributed by atoms with Crippen LogP contribution in [0.4, 0.5) is 5.69 Å². The van der Waals surface area contributed by atoms with Crippen LogP contribution >= 0.6 is 22.9 Å². The molecular weight excluding hydrogens is 308 g/mol. The number of rotatable bonds is 7. The highest BCUT2D eigenvalue weighted by Gasteiger charge is 2.04. The van der Waals surface area contributed by atoms with Crippen molar-refractivity contribution in [3.05, 3.63) is 45.6 Å². The Hall–Kier alpha value is -1.72. The van der Waals surface area contributed by atoms with Crippen molar-refractivity contribution < 1.29 is 9.53 Å². The van der Waals surface area contributed by atoms with E-state index >= 15 is 0 Å². The molecule has 0 aliphatic heterocycles. The second-order valence-electron chi connectivity index (χ2n) is 4.44. The normalized spacial score (nSPS) is 10.3. The predicted octanol–water partition coefficient (Wildman–Crippen LogP) is 3.11. The standard InChI is InChI=1S/C15H17ClN2O2S/c16-14-6-5-11(21-14)7-9-18-15(19)8-10-20-13-4-2-1-3-12(13)17/h1-6H,7-10,17H2,(H,18,19). The van der Waals surface area contributed by atoms with Gasteiger partial charge in [-0.2, -0.15) is 0 Å². The summed E-state index contributed by atoms with van der Waals surface area (Å²) in [6, 6.07) is 11.1. The maximum Gasteiger partial charge on any atom is 0.223 e. The fourth-order valence-corrected chi connectivity index (χ4v) is 2.85. The van der Waals surface area contributed by atoms with Gasteiger partial charge >= 0.3 is 0 Å². The lowest BCUT2D eigenvalue weighted by Crippen LogP contribution is -2.26. The van der Waals surface area contributed by atoms with Gasteiger partial charge in [0.1, 0.15) is 5.75 Å². The van der Waals surface area contributed by atoms with Crippen molar-refractivity contribution in [2.75, 3.05) is 18.9 Å². The van der Waals surface area contributed by atoms with Gasteiger partial charge in [-0.05, 0) is 30.7 Å². The molecule has 0 atom stereocenters. The lowest BCUT2D eigenvalue weighted by molar-refractivity contribution is -0.121. The third-order valence-electron chi connectivity index (χ3n) is 2.83. The molecule has 2 rings (SSSR count). The number of nitrogens with two attached hydrogens (primary N) is 1. The molecule has 0 aliphatic rings. The molecule has 0 bridgehead atoms. The van der Waals surface area contributed by atoms with Crippen LogP contribution in [0.25, 0.3) is 0 Å². The van der Waals surface area contributed by atoms with Gasteiger partial charge in [0.25, 0.3) is 0 Å². The summed E-state index contributed by atoms with van der Waals surface area (Å²) >= 11 is 7.38. The maximum atomic E-state index is 11.7. The summed E-state index contributed by atoms with van der Waals surface area (Å²) < 4.78 is 6.24. The molecule has 1 aromatic heterocycles. The fraction of sp³-hybridized carbons (Fsp3) is 0.267. The molecule has 0 saturated heterocycles. The number of thiophene rings is 1. The Labute approximate surface area is 132 Å². The smallest absolute Gasteiger partial charge is 0.223 e. The molecule has 0 fully saturated rings. The summed E-state index contributed by atoms with van der Waals surface area (Å²) in [5.41, 5.74) is 6.33. The van der Waals surface area contributed by atoms with Gasteiger partial charge in [0.2, 0.25) is 5.91 Å². The minimum atomic E-state index is -0.0350. The third-order valence-corrected chi connectivity index (χ3v) is 4.12. The van der Waals surface area contributed by atoms with Gasteiger partial charge in [0, 0.05) is 11.4 Å². The molecule has 0 spiro atoms. The van der Waals surface area contributed by atoms with E-state index in [1.54, 1.807) is 12.1 Å². The molecule has 6 heteroatoms. The Bertz CT molecular complexity index is 601. The molecule has 1 heterocycles.